The Balaban J connectivity index is 1.72. The Morgan fingerprint density at radius 1 is 1.40 bits per heavy atom. The van der Waals surface area contributed by atoms with Crippen LogP contribution in [0.3, 0.4) is 0 Å². The third-order valence-electron chi connectivity index (χ3n) is 3.84. The van der Waals surface area contributed by atoms with Gasteiger partial charge in [-0.3, -0.25) is 9.67 Å². The van der Waals surface area contributed by atoms with E-state index in [1.54, 1.807) is 6.20 Å². The minimum atomic E-state index is 0.435. The first-order chi connectivity index (χ1) is 9.74. The highest BCUT2D eigenvalue weighted by molar-refractivity contribution is 5.78. The van der Waals surface area contributed by atoms with E-state index in [0.717, 1.165) is 13.1 Å². The lowest BCUT2D eigenvalue weighted by Gasteiger charge is -2.17. The largest absolute Gasteiger partial charge is 0.370 e. The molecule has 0 saturated heterocycles. The Morgan fingerprint density at radius 3 is 2.80 bits per heavy atom. The number of hydrogen-bond acceptors (Lipinski definition) is 2. The zero-order valence-electron chi connectivity index (χ0n) is 12.5. The van der Waals surface area contributed by atoms with Gasteiger partial charge in [0.15, 0.2) is 5.96 Å². The molecule has 1 aromatic heterocycles. The lowest BCUT2D eigenvalue weighted by molar-refractivity contribution is 0.457. The molecular formula is C15H27N5. The van der Waals surface area contributed by atoms with Gasteiger partial charge >= 0.3 is 0 Å². The average Bonchev–Trinajstić information content (AvgIpc) is 2.80. The summed E-state index contributed by atoms with van der Waals surface area (Å²) in [7, 11) is 0. The number of nitrogens with one attached hydrogen (secondary N) is 1. The summed E-state index contributed by atoms with van der Waals surface area (Å²) in [5.74, 6) is 1.04. The molecule has 1 aliphatic rings. The van der Waals surface area contributed by atoms with E-state index in [0.29, 0.717) is 17.9 Å². The van der Waals surface area contributed by atoms with Gasteiger partial charge in [-0.05, 0) is 24.8 Å². The molecule has 0 aromatic carbocycles. The second-order valence-electron chi connectivity index (χ2n) is 5.89. The van der Waals surface area contributed by atoms with Gasteiger partial charge in [0, 0.05) is 31.5 Å². The number of aromatic nitrogens is 2. The van der Waals surface area contributed by atoms with Crippen LogP contribution in [0.5, 0.6) is 0 Å². The van der Waals surface area contributed by atoms with E-state index in [4.69, 9.17) is 5.73 Å². The lowest BCUT2D eigenvalue weighted by atomic mass is 10.1. The molecule has 0 amide bonds. The Kier molecular flexibility index (Phi) is 5.89. The first-order valence-corrected chi connectivity index (χ1v) is 7.78. The van der Waals surface area contributed by atoms with E-state index in [1.807, 2.05) is 16.9 Å². The fraction of sp³-hybridized carbons (Fsp3) is 0.733. The second-order valence-corrected chi connectivity index (χ2v) is 5.89. The van der Waals surface area contributed by atoms with Crippen LogP contribution in [0.2, 0.25) is 0 Å². The van der Waals surface area contributed by atoms with E-state index in [-0.39, 0.29) is 0 Å². The van der Waals surface area contributed by atoms with E-state index >= 15 is 0 Å². The summed E-state index contributed by atoms with van der Waals surface area (Å²) in [5, 5.41) is 7.59. The Labute approximate surface area is 121 Å². The maximum atomic E-state index is 5.99. The van der Waals surface area contributed by atoms with Crippen molar-refractivity contribution < 1.29 is 0 Å². The third-order valence-corrected chi connectivity index (χ3v) is 3.84. The predicted octanol–water partition coefficient (Wildman–Crippen LogP) is 2.15. The van der Waals surface area contributed by atoms with Crippen LogP contribution in [0, 0.1) is 5.92 Å². The number of guanidine groups is 1. The summed E-state index contributed by atoms with van der Waals surface area (Å²) in [6.07, 6.45) is 11.6. The molecule has 20 heavy (non-hydrogen) atoms. The average molecular weight is 277 g/mol. The van der Waals surface area contributed by atoms with Gasteiger partial charge in [0.05, 0.1) is 0 Å². The van der Waals surface area contributed by atoms with E-state index in [2.05, 4.69) is 22.3 Å². The summed E-state index contributed by atoms with van der Waals surface area (Å²) >= 11 is 0. The standard InChI is InChI=1S/C15H27N5/c1-13(12-20-10-6-9-18-20)11-17-15(16)19-14-7-4-2-3-5-8-14/h6,9-10,13-14H,2-5,7-8,11-12H2,1H3,(H3,16,17,19). The quantitative estimate of drug-likeness (QED) is 0.492. The van der Waals surface area contributed by atoms with Crippen LogP contribution in [0.4, 0.5) is 0 Å². The Bertz CT molecular complexity index is 390. The van der Waals surface area contributed by atoms with Gasteiger partial charge in [0.1, 0.15) is 0 Å². The monoisotopic (exact) mass is 277 g/mol. The van der Waals surface area contributed by atoms with Crippen molar-refractivity contribution in [3.8, 4) is 0 Å². The van der Waals surface area contributed by atoms with Gasteiger partial charge in [-0.15, -0.1) is 0 Å². The molecule has 0 radical (unpaired) electrons. The molecule has 2 rings (SSSR count). The van der Waals surface area contributed by atoms with E-state index in [1.165, 1.54) is 38.5 Å². The van der Waals surface area contributed by atoms with Crippen LogP contribution in [-0.4, -0.2) is 28.3 Å². The summed E-state index contributed by atoms with van der Waals surface area (Å²) < 4.78 is 1.94. The molecular weight excluding hydrogens is 250 g/mol. The van der Waals surface area contributed by atoms with E-state index in [9.17, 15) is 0 Å². The van der Waals surface area contributed by atoms with Gasteiger partial charge < -0.3 is 11.1 Å². The van der Waals surface area contributed by atoms with E-state index < -0.39 is 0 Å². The zero-order chi connectivity index (χ0) is 14.2. The third kappa shape index (κ3) is 5.23. The van der Waals surface area contributed by atoms with Crippen molar-refractivity contribution >= 4 is 5.96 Å². The van der Waals surface area contributed by atoms with Gasteiger partial charge in [0.2, 0.25) is 0 Å². The molecule has 0 spiro atoms. The molecule has 1 aliphatic carbocycles. The molecule has 3 N–H and O–H groups in total. The second kappa shape index (κ2) is 7.92. The number of hydrogen-bond donors (Lipinski definition) is 2. The van der Waals surface area contributed by atoms with Crippen molar-refractivity contribution in [2.45, 2.75) is 58.0 Å². The topological polar surface area (TPSA) is 68.2 Å². The Morgan fingerprint density at radius 2 is 2.15 bits per heavy atom. The molecule has 1 unspecified atom stereocenters. The number of nitrogens with two attached hydrogens (primary N) is 1. The minimum absolute atomic E-state index is 0.435. The van der Waals surface area contributed by atoms with Crippen LogP contribution in [0.1, 0.15) is 45.4 Å². The predicted molar refractivity (Wildman–Crippen MR) is 82.5 cm³/mol. The molecule has 112 valence electrons. The van der Waals surface area contributed by atoms with Gasteiger partial charge in [-0.1, -0.05) is 32.6 Å². The molecule has 5 heteroatoms. The van der Waals surface area contributed by atoms with Gasteiger partial charge in [-0.25, -0.2) is 0 Å². The maximum Gasteiger partial charge on any atom is 0.188 e. The highest BCUT2D eigenvalue weighted by Gasteiger charge is 2.12. The van der Waals surface area contributed by atoms with Crippen LogP contribution in [0.15, 0.2) is 23.5 Å². The molecule has 1 fully saturated rings. The number of rotatable bonds is 5. The molecule has 1 heterocycles. The summed E-state index contributed by atoms with van der Waals surface area (Å²) in [6, 6.07) is 2.46. The minimum Gasteiger partial charge on any atom is -0.370 e. The normalized spacial score (nSPS) is 19.6. The highest BCUT2D eigenvalue weighted by Crippen LogP contribution is 2.16. The highest BCUT2D eigenvalue weighted by atomic mass is 15.3. The Hall–Kier alpha value is -1.52. The van der Waals surface area contributed by atoms with Gasteiger partial charge in [-0.2, -0.15) is 5.10 Å². The fourth-order valence-electron chi connectivity index (χ4n) is 2.72. The molecule has 5 nitrogen and oxygen atoms in total. The van der Waals surface area contributed by atoms with Crippen molar-refractivity contribution in [1.29, 1.82) is 0 Å². The number of aliphatic imine (C=N–C) groups is 1. The summed E-state index contributed by atoms with van der Waals surface area (Å²) in [4.78, 5) is 4.47. The van der Waals surface area contributed by atoms with Crippen LogP contribution >= 0.6 is 0 Å². The first kappa shape index (κ1) is 14.9. The summed E-state index contributed by atoms with van der Waals surface area (Å²) in [6.45, 7) is 3.79. The van der Waals surface area contributed by atoms with Crippen LogP contribution in [-0.2, 0) is 6.54 Å². The molecule has 0 aliphatic heterocycles. The van der Waals surface area contributed by atoms with Crippen molar-refractivity contribution in [3.63, 3.8) is 0 Å². The number of nitrogens with zero attached hydrogens (tertiary/aromatic N) is 3. The van der Waals surface area contributed by atoms with Crippen molar-refractivity contribution in [2.75, 3.05) is 6.54 Å². The smallest absolute Gasteiger partial charge is 0.188 e. The first-order valence-electron chi connectivity index (χ1n) is 7.78. The van der Waals surface area contributed by atoms with Crippen molar-refractivity contribution in [1.82, 2.24) is 15.1 Å². The van der Waals surface area contributed by atoms with Crippen LogP contribution in [0.25, 0.3) is 0 Å². The molecule has 1 saturated carbocycles. The van der Waals surface area contributed by atoms with Crippen molar-refractivity contribution in [2.24, 2.45) is 16.6 Å². The fourth-order valence-corrected chi connectivity index (χ4v) is 2.72. The van der Waals surface area contributed by atoms with Crippen LogP contribution < -0.4 is 11.1 Å². The zero-order valence-corrected chi connectivity index (χ0v) is 12.5. The van der Waals surface area contributed by atoms with Gasteiger partial charge in [0.25, 0.3) is 0 Å². The van der Waals surface area contributed by atoms with Crippen molar-refractivity contribution in [3.05, 3.63) is 18.5 Å². The SMILES string of the molecule is CC(CN=C(N)NC1CCCCCC1)Cn1cccn1. The maximum absolute atomic E-state index is 5.99. The lowest BCUT2D eigenvalue weighted by Crippen LogP contribution is -2.40. The molecule has 1 aromatic rings. The summed E-state index contributed by atoms with van der Waals surface area (Å²) in [5.41, 5.74) is 5.99. The molecule has 1 atom stereocenters. The molecule has 0 bridgehead atoms.